The third-order valence-electron chi connectivity index (χ3n) is 4.55. The van der Waals surface area contributed by atoms with Gasteiger partial charge in [0.05, 0.1) is 18.4 Å². The van der Waals surface area contributed by atoms with E-state index in [0.29, 0.717) is 11.3 Å². The fourth-order valence-electron chi connectivity index (χ4n) is 2.98. The van der Waals surface area contributed by atoms with Gasteiger partial charge in [-0.15, -0.1) is 5.10 Å². The minimum Gasteiger partial charge on any atom is -0.465 e. The number of hydrogen-bond acceptors (Lipinski definition) is 6. The molecule has 0 saturated carbocycles. The number of amides is 1. The zero-order valence-electron chi connectivity index (χ0n) is 14.9. The maximum atomic E-state index is 12.5. The summed E-state index contributed by atoms with van der Waals surface area (Å²) in [6.45, 7) is 3.46. The minimum atomic E-state index is -0.394. The van der Waals surface area contributed by atoms with Crippen LogP contribution >= 0.6 is 0 Å². The molecule has 0 atom stereocenters. The van der Waals surface area contributed by atoms with E-state index >= 15 is 0 Å². The number of methoxy groups -OCH3 is 1. The average molecular weight is 354 g/mol. The van der Waals surface area contributed by atoms with E-state index in [1.54, 1.807) is 24.3 Å². The third kappa shape index (κ3) is 4.17. The summed E-state index contributed by atoms with van der Waals surface area (Å²) in [4.78, 5) is 26.1. The zero-order valence-corrected chi connectivity index (χ0v) is 14.9. The summed E-state index contributed by atoms with van der Waals surface area (Å²) >= 11 is 0. The van der Waals surface area contributed by atoms with Crippen molar-refractivity contribution in [2.45, 2.75) is 19.8 Å². The molecule has 26 heavy (non-hydrogen) atoms. The smallest absolute Gasteiger partial charge is 0.337 e. The van der Waals surface area contributed by atoms with E-state index in [2.05, 4.69) is 25.2 Å². The summed E-state index contributed by atoms with van der Waals surface area (Å²) in [5.74, 6) is 0.428. The summed E-state index contributed by atoms with van der Waals surface area (Å²) in [6, 6.07) is 10.6. The lowest BCUT2D eigenvalue weighted by atomic mass is 9.95. The molecule has 7 nitrogen and oxygen atoms in total. The second kappa shape index (κ2) is 7.95. The Kier molecular flexibility index (Phi) is 5.46. The maximum absolute atomic E-state index is 12.5. The van der Waals surface area contributed by atoms with Crippen molar-refractivity contribution >= 4 is 23.4 Å². The highest BCUT2D eigenvalue weighted by molar-refractivity contribution is 5.94. The number of nitrogens with zero attached hydrogens (tertiary/aromatic N) is 3. The van der Waals surface area contributed by atoms with Gasteiger partial charge in [0.2, 0.25) is 5.91 Å². The van der Waals surface area contributed by atoms with Crippen LogP contribution in [0.3, 0.4) is 0 Å². The van der Waals surface area contributed by atoms with Gasteiger partial charge in [0.25, 0.3) is 0 Å². The molecule has 0 radical (unpaired) electrons. The van der Waals surface area contributed by atoms with Crippen molar-refractivity contribution in [3.8, 4) is 0 Å². The Hall–Kier alpha value is -2.96. The number of aromatic nitrogens is 2. The topological polar surface area (TPSA) is 84.4 Å². The Morgan fingerprint density at radius 3 is 2.35 bits per heavy atom. The Bertz CT molecular complexity index is 766. The van der Waals surface area contributed by atoms with Crippen LogP contribution in [-0.2, 0) is 9.53 Å². The number of benzene rings is 1. The number of rotatable bonds is 4. The van der Waals surface area contributed by atoms with Crippen molar-refractivity contribution in [1.29, 1.82) is 0 Å². The van der Waals surface area contributed by atoms with Crippen molar-refractivity contribution in [3.05, 3.63) is 47.7 Å². The number of carbonyl (C=O) groups excluding carboxylic acids is 2. The van der Waals surface area contributed by atoms with Crippen LogP contribution in [0.5, 0.6) is 0 Å². The van der Waals surface area contributed by atoms with Crippen molar-refractivity contribution in [1.82, 2.24) is 10.2 Å². The highest BCUT2D eigenvalue weighted by Gasteiger charge is 2.25. The molecule has 7 heteroatoms. The SMILES string of the molecule is COC(=O)c1ccc(NC(=O)C2CCN(c3ccc(C)nn3)CC2)cc1. The molecule has 1 saturated heterocycles. The first-order valence-electron chi connectivity index (χ1n) is 8.61. The van der Waals surface area contributed by atoms with Crippen LogP contribution in [0.1, 0.15) is 28.9 Å². The molecule has 0 aliphatic carbocycles. The number of esters is 1. The summed E-state index contributed by atoms with van der Waals surface area (Å²) in [5, 5.41) is 11.2. The maximum Gasteiger partial charge on any atom is 0.337 e. The van der Waals surface area contributed by atoms with E-state index < -0.39 is 5.97 Å². The monoisotopic (exact) mass is 354 g/mol. The Morgan fingerprint density at radius 1 is 1.08 bits per heavy atom. The number of hydrogen-bond donors (Lipinski definition) is 1. The molecule has 1 aromatic heterocycles. The summed E-state index contributed by atoms with van der Waals surface area (Å²) in [6.07, 6.45) is 1.53. The van der Waals surface area contributed by atoms with Gasteiger partial charge >= 0.3 is 5.97 Å². The lowest BCUT2D eigenvalue weighted by Crippen LogP contribution is -2.38. The van der Waals surface area contributed by atoms with Crippen LogP contribution in [0.25, 0.3) is 0 Å². The van der Waals surface area contributed by atoms with Gasteiger partial charge < -0.3 is 15.0 Å². The van der Waals surface area contributed by atoms with Crippen LogP contribution in [-0.4, -0.2) is 42.3 Å². The molecule has 3 rings (SSSR count). The quantitative estimate of drug-likeness (QED) is 0.849. The minimum absolute atomic E-state index is 0.00505. The third-order valence-corrected chi connectivity index (χ3v) is 4.55. The molecule has 0 spiro atoms. The van der Waals surface area contributed by atoms with Gasteiger partial charge in [0.15, 0.2) is 5.82 Å². The van der Waals surface area contributed by atoms with Crippen LogP contribution < -0.4 is 10.2 Å². The second-order valence-corrected chi connectivity index (χ2v) is 6.35. The number of carbonyl (C=O) groups is 2. The molecule has 2 aromatic rings. The average Bonchev–Trinajstić information content (AvgIpc) is 2.68. The van der Waals surface area contributed by atoms with Gasteiger partial charge in [-0.05, 0) is 56.2 Å². The van der Waals surface area contributed by atoms with Gasteiger partial charge in [0.1, 0.15) is 0 Å². The zero-order chi connectivity index (χ0) is 18.5. The largest absolute Gasteiger partial charge is 0.465 e. The van der Waals surface area contributed by atoms with Gasteiger partial charge in [0, 0.05) is 24.7 Å². The Balaban J connectivity index is 1.53. The number of anilines is 2. The van der Waals surface area contributed by atoms with Gasteiger partial charge in [-0.3, -0.25) is 4.79 Å². The van der Waals surface area contributed by atoms with E-state index in [4.69, 9.17) is 0 Å². The molecule has 0 unspecified atom stereocenters. The van der Waals surface area contributed by atoms with Crippen LogP contribution in [0.4, 0.5) is 11.5 Å². The summed E-state index contributed by atoms with van der Waals surface area (Å²) in [5.41, 5.74) is 2.02. The molecule has 0 bridgehead atoms. The fourth-order valence-corrected chi connectivity index (χ4v) is 2.98. The Morgan fingerprint density at radius 2 is 1.77 bits per heavy atom. The lowest BCUT2D eigenvalue weighted by Gasteiger charge is -2.31. The van der Waals surface area contributed by atoms with Crippen LogP contribution in [0, 0.1) is 12.8 Å². The van der Waals surface area contributed by atoms with Crippen molar-refractivity contribution in [2.24, 2.45) is 5.92 Å². The molecular formula is C19H22N4O3. The van der Waals surface area contributed by atoms with Crippen molar-refractivity contribution in [3.63, 3.8) is 0 Å². The van der Waals surface area contributed by atoms with E-state index in [-0.39, 0.29) is 11.8 Å². The summed E-state index contributed by atoms with van der Waals surface area (Å²) < 4.78 is 4.66. The molecule has 136 valence electrons. The fraction of sp³-hybridized carbons (Fsp3) is 0.368. The number of piperidine rings is 1. The van der Waals surface area contributed by atoms with E-state index in [1.165, 1.54) is 7.11 Å². The first-order valence-corrected chi connectivity index (χ1v) is 8.61. The van der Waals surface area contributed by atoms with Crippen molar-refractivity contribution in [2.75, 3.05) is 30.4 Å². The molecule has 2 heterocycles. The van der Waals surface area contributed by atoms with E-state index in [0.717, 1.165) is 37.4 Å². The van der Waals surface area contributed by atoms with Gasteiger partial charge in [-0.2, -0.15) is 5.10 Å². The second-order valence-electron chi connectivity index (χ2n) is 6.35. The van der Waals surface area contributed by atoms with E-state index in [1.807, 2.05) is 19.1 Å². The predicted octanol–water partition coefficient (Wildman–Crippen LogP) is 2.43. The molecule has 1 N–H and O–H groups in total. The molecule has 1 aliphatic heterocycles. The molecule has 1 fully saturated rings. The Labute approximate surface area is 152 Å². The number of aryl methyl sites for hydroxylation is 1. The highest BCUT2D eigenvalue weighted by Crippen LogP contribution is 2.23. The highest BCUT2D eigenvalue weighted by atomic mass is 16.5. The standard InChI is InChI=1S/C19H22N4O3/c1-13-3-8-17(22-21-13)23-11-9-14(10-12-23)18(24)20-16-6-4-15(5-7-16)19(25)26-2/h3-8,14H,9-12H2,1-2H3,(H,20,24). The number of nitrogens with one attached hydrogen (secondary N) is 1. The molecule has 1 aliphatic rings. The van der Waals surface area contributed by atoms with Gasteiger partial charge in [-0.25, -0.2) is 4.79 Å². The van der Waals surface area contributed by atoms with Crippen LogP contribution in [0.15, 0.2) is 36.4 Å². The number of ether oxygens (including phenoxy) is 1. The predicted molar refractivity (Wildman–Crippen MR) is 98.1 cm³/mol. The summed E-state index contributed by atoms with van der Waals surface area (Å²) in [7, 11) is 1.34. The van der Waals surface area contributed by atoms with Crippen molar-refractivity contribution < 1.29 is 14.3 Å². The van der Waals surface area contributed by atoms with Crippen LogP contribution in [0.2, 0.25) is 0 Å². The molecule has 1 aromatic carbocycles. The molecule has 1 amide bonds. The first kappa shape index (κ1) is 17.8. The molecular weight excluding hydrogens is 332 g/mol. The van der Waals surface area contributed by atoms with E-state index in [9.17, 15) is 9.59 Å². The van der Waals surface area contributed by atoms with Gasteiger partial charge in [-0.1, -0.05) is 0 Å². The first-order chi connectivity index (χ1) is 12.6. The lowest BCUT2D eigenvalue weighted by molar-refractivity contribution is -0.120. The normalized spacial score (nSPS) is 14.8.